The Labute approximate surface area is 91.8 Å². The SMILES string of the molecule is Nc1ccc(=O)n(CCc2ccsc2)c1. The lowest BCUT2D eigenvalue weighted by atomic mass is 10.2. The summed E-state index contributed by atoms with van der Waals surface area (Å²) in [6, 6.07) is 5.20. The second-order valence-electron chi connectivity index (χ2n) is 3.38. The maximum absolute atomic E-state index is 11.4. The topological polar surface area (TPSA) is 48.0 Å². The lowest BCUT2D eigenvalue weighted by Gasteiger charge is -2.04. The quantitative estimate of drug-likeness (QED) is 0.856. The fourth-order valence-electron chi connectivity index (χ4n) is 1.41. The summed E-state index contributed by atoms with van der Waals surface area (Å²) in [7, 11) is 0. The van der Waals surface area contributed by atoms with Crippen LogP contribution in [-0.4, -0.2) is 4.57 Å². The highest BCUT2D eigenvalue weighted by Gasteiger charge is 1.98. The van der Waals surface area contributed by atoms with Crippen LogP contribution in [-0.2, 0) is 13.0 Å². The van der Waals surface area contributed by atoms with Crippen molar-refractivity contribution in [3.63, 3.8) is 0 Å². The van der Waals surface area contributed by atoms with Gasteiger partial charge in [0.25, 0.3) is 5.56 Å². The van der Waals surface area contributed by atoms with E-state index in [1.165, 1.54) is 11.6 Å². The maximum atomic E-state index is 11.4. The Kier molecular flexibility index (Phi) is 2.87. The number of nitrogens with zero attached hydrogens (tertiary/aromatic N) is 1. The highest BCUT2D eigenvalue weighted by Crippen LogP contribution is 2.07. The lowest BCUT2D eigenvalue weighted by molar-refractivity contribution is 0.672. The zero-order chi connectivity index (χ0) is 10.7. The minimum atomic E-state index is -0.000528. The van der Waals surface area contributed by atoms with Gasteiger partial charge in [-0.3, -0.25) is 4.79 Å². The van der Waals surface area contributed by atoms with Crippen molar-refractivity contribution in [2.45, 2.75) is 13.0 Å². The minimum Gasteiger partial charge on any atom is -0.398 e. The van der Waals surface area contributed by atoms with Gasteiger partial charge in [-0.25, -0.2) is 0 Å². The molecule has 0 radical (unpaired) electrons. The fraction of sp³-hybridized carbons (Fsp3) is 0.182. The summed E-state index contributed by atoms with van der Waals surface area (Å²) in [4.78, 5) is 11.4. The molecule has 0 unspecified atom stereocenters. The third kappa shape index (κ3) is 2.47. The molecule has 78 valence electrons. The second kappa shape index (κ2) is 4.31. The molecule has 0 aliphatic rings. The standard InChI is InChI=1S/C11H12N2OS/c12-10-1-2-11(14)13(7-10)5-3-9-4-6-15-8-9/h1-2,4,6-8H,3,5,12H2. The number of aryl methyl sites for hydroxylation is 2. The first-order valence-electron chi connectivity index (χ1n) is 4.73. The van der Waals surface area contributed by atoms with Gasteiger partial charge in [0.1, 0.15) is 0 Å². The summed E-state index contributed by atoms with van der Waals surface area (Å²) in [6.07, 6.45) is 2.56. The molecule has 4 heteroatoms. The van der Waals surface area contributed by atoms with E-state index in [4.69, 9.17) is 5.73 Å². The van der Waals surface area contributed by atoms with E-state index in [9.17, 15) is 4.79 Å². The van der Waals surface area contributed by atoms with Gasteiger partial charge in [-0.15, -0.1) is 0 Å². The van der Waals surface area contributed by atoms with Gasteiger partial charge in [0.2, 0.25) is 0 Å². The van der Waals surface area contributed by atoms with E-state index in [-0.39, 0.29) is 5.56 Å². The van der Waals surface area contributed by atoms with E-state index in [1.807, 2.05) is 5.38 Å². The van der Waals surface area contributed by atoms with Crippen LogP contribution in [0.5, 0.6) is 0 Å². The maximum Gasteiger partial charge on any atom is 0.250 e. The van der Waals surface area contributed by atoms with Crippen LogP contribution < -0.4 is 11.3 Å². The van der Waals surface area contributed by atoms with Crippen LogP contribution in [0.4, 0.5) is 5.69 Å². The average molecular weight is 220 g/mol. The molecule has 0 saturated heterocycles. The molecule has 0 bridgehead atoms. The molecule has 0 atom stereocenters. The number of anilines is 1. The van der Waals surface area contributed by atoms with E-state index < -0.39 is 0 Å². The predicted octanol–water partition coefficient (Wildman–Crippen LogP) is 1.73. The monoisotopic (exact) mass is 220 g/mol. The third-order valence-electron chi connectivity index (χ3n) is 2.23. The van der Waals surface area contributed by atoms with E-state index in [0.29, 0.717) is 12.2 Å². The third-order valence-corrected chi connectivity index (χ3v) is 2.96. The normalized spacial score (nSPS) is 10.4. The summed E-state index contributed by atoms with van der Waals surface area (Å²) in [5, 5.41) is 4.13. The molecule has 2 rings (SSSR count). The number of nitrogens with two attached hydrogens (primary N) is 1. The van der Waals surface area contributed by atoms with Gasteiger partial charge < -0.3 is 10.3 Å². The fourth-order valence-corrected chi connectivity index (χ4v) is 2.11. The van der Waals surface area contributed by atoms with Gasteiger partial charge >= 0.3 is 0 Å². The first-order chi connectivity index (χ1) is 7.25. The van der Waals surface area contributed by atoms with Gasteiger partial charge in [-0.1, -0.05) is 0 Å². The molecule has 0 spiro atoms. The number of hydrogen-bond donors (Lipinski definition) is 1. The van der Waals surface area contributed by atoms with Gasteiger partial charge in [-0.05, 0) is 34.9 Å². The summed E-state index contributed by atoms with van der Waals surface area (Å²) in [6.45, 7) is 0.681. The van der Waals surface area contributed by atoms with Crippen molar-refractivity contribution in [1.29, 1.82) is 0 Å². The highest BCUT2D eigenvalue weighted by molar-refractivity contribution is 7.07. The Morgan fingerprint density at radius 1 is 1.33 bits per heavy atom. The Morgan fingerprint density at radius 3 is 2.93 bits per heavy atom. The predicted molar refractivity (Wildman–Crippen MR) is 63.1 cm³/mol. The molecule has 0 aromatic carbocycles. The zero-order valence-corrected chi connectivity index (χ0v) is 9.04. The highest BCUT2D eigenvalue weighted by atomic mass is 32.1. The largest absolute Gasteiger partial charge is 0.398 e. The Hall–Kier alpha value is -1.55. The molecule has 15 heavy (non-hydrogen) atoms. The van der Waals surface area contributed by atoms with E-state index in [0.717, 1.165) is 6.42 Å². The molecule has 2 aromatic heterocycles. The first kappa shape index (κ1) is 9.98. The lowest BCUT2D eigenvalue weighted by Crippen LogP contribution is -2.19. The van der Waals surface area contributed by atoms with Crippen LogP contribution in [0.25, 0.3) is 0 Å². The van der Waals surface area contributed by atoms with Gasteiger partial charge in [0.05, 0.1) is 0 Å². The van der Waals surface area contributed by atoms with Crippen LogP contribution in [0.1, 0.15) is 5.56 Å². The van der Waals surface area contributed by atoms with Gasteiger partial charge in [-0.2, -0.15) is 11.3 Å². The van der Waals surface area contributed by atoms with Crippen molar-refractivity contribution in [3.8, 4) is 0 Å². The van der Waals surface area contributed by atoms with Crippen LogP contribution in [0, 0.1) is 0 Å². The van der Waals surface area contributed by atoms with Crippen LogP contribution in [0.2, 0.25) is 0 Å². The van der Waals surface area contributed by atoms with E-state index in [1.54, 1.807) is 28.2 Å². The molecule has 2 N–H and O–H groups in total. The van der Waals surface area contributed by atoms with Crippen molar-refractivity contribution in [1.82, 2.24) is 4.57 Å². The smallest absolute Gasteiger partial charge is 0.250 e. The number of aromatic nitrogens is 1. The molecule has 2 heterocycles. The van der Waals surface area contributed by atoms with Crippen LogP contribution >= 0.6 is 11.3 Å². The number of rotatable bonds is 3. The number of pyridine rings is 1. The number of thiophene rings is 1. The van der Waals surface area contributed by atoms with Crippen LogP contribution in [0.15, 0.2) is 40.0 Å². The Morgan fingerprint density at radius 2 is 2.20 bits per heavy atom. The summed E-state index contributed by atoms with van der Waals surface area (Å²) >= 11 is 1.67. The number of hydrogen-bond acceptors (Lipinski definition) is 3. The molecular formula is C11H12N2OS. The Bertz CT molecular complexity index is 488. The molecule has 3 nitrogen and oxygen atoms in total. The van der Waals surface area contributed by atoms with Crippen molar-refractivity contribution < 1.29 is 0 Å². The molecule has 0 saturated carbocycles. The van der Waals surface area contributed by atoms with Crippen molar-refractivity contribution in [2.75, 3.05) is 5.73 Å². The summed E-state index contributed by atoms with van der Waals surface area (Å²) < 4.78 is 1.65. The minimum absolute atomic E-state index is 0.000528. The van der Waals surface area contributed by atoms with Crippen molar-refractivity contribution in [2.24, 2.45) is 0 Å². The molecule has 0 fully saturated rings. The molecule has 2 aromatic rings. The summed E-state index contributed by atoms with van der Waals surface area (Å²) in [5.74, 6) is 0. The molecule has 0 aliphatic carbocycles. The second-order valence-corrected chi connectivity index (χ2v) is 4.16. The molecule has 0 amide bonds. The summed E-state index contributed by atoms with van der Waals surface area (Å²) in [5.41, 5.74) is 7.50. The van der Waals surface area contributed by atoms with Crippen molar-refractivity contribution >= 4 is 17.0 Å². The molecular weight excluding hydrogens is 208 g/mol. The van der Waals surface area contributed by atoms with Gasteiger partial charge in [0.15, 0.2) is 0 Å². The average Bonchev–Trinajstić information content (AvgIpc) is 2.72. The number of nitrogen functional groups attached to an aromatic ring is 1. The zero-order valence-electron chi connectivity index (χ0n) is 8.22. The van der Waals surface area contributed by atoms with E-state index >= 15 is 0 Å². The van der Waals surface area contributed by atoms with Crippen LogP contribution in [0.3, 0.4) is 0 Å². The van der Waals surface area contributed by atoms with E-state index in [2.05, 4.69) is 11.4 Å². The van der Waals surface area contributed by atoms with Gasteiger partial charge in [0, 0.05) is 24.5 Å². The molecule has 0 aliphatic heterocycles. The van der Waals surface area contributed by atoms with Crippen molar-refractivity contribution in [3.05, 3.63) is 51.1 Å². The Balaban J connectivity index is 2.11. The first-order valence-corrected chi connectivity index (χ1v) is 5.67.